The second-order valence-corrected chi connectivity index (χ2v) is 3.98. The highest BCUT2D eigenvalue weighted by atomic mass is 79.9. The number of rotatable bonds is 5. The van der Waals surface area contributed by atoms with Gasteiger partial charge in [-0.05, 0) is 17.7 Å². The summed E-state index contributed by atoms with van der Waals surface area (Å²) in [7, 11) is 0. The van der Waals surface area contributed by atoms with E-state index in [0.29, 0.717) is 20.0 Å². The summed E-state index contributed by atoms with van der Waals surface area (Å²) in [6.07, 6.45) is 4.00. The highest BCUT2D eigenvalue weighted by molar-refractivity contribution is 9.09. The number of allylic oxidation sites excluding steroid dienone is 1. The van der Waals surface area contributed by atoms with Gasteiger partial charge in [-0.1, -0.05) is 34.1 Å². The molecule has 0 atom stereocenters. The Hall–Kier alpha value is -1.00. The average Bonchev–Trinajstić information content (AvgIpc) is 2.76. The Kier molecular flexibility index (Phi) is 4.25. The summed E-state index contributed by atoms with van der Waals surface area (Å²) in [6.45, 7) is 1.52. The van der Waals surface area contributed by atoms with Gasteiger partial charge in [-0.3, -0.25) is 0 Å². The molecule has 1 aliphatic rings. The predicted molar refractivity (Wildman–Crippen MR) is 65.2 cm³/mol. The predicted octanol–water partition coefficient (Wildman–Crippen LogP) is 2.88. The zero-order chi connectivity index (χ0) is 11.2. The van der Waals surface area contributed by atoms with Crippen LogP contribution in [0.3, 0.4) is 0 Å². The molecule has 0 fully saturated rings. The van der Waals surface area contributed by atoms with Gasteiger partial charge < -0.3 is 14.2 Å². The Morgan fingerprint density at radius 3 is 3.00 bits per heavy atom. The van der Waals surface area contributed by atoms with Crippen LogP contribution in [0.15, 0.2) is 30.4 Å². The molecule has 16 heavy (non-hydrogen) atoms. The molecule has 0 aliphatic carbocycles. The summed E-state index contributed by atoms with van der Waals surface area (Å²) >= 11 is 3.31. The van der Waals surface area contributed by atoms with E-state index in [4.69, 9.17) is 14.2 Å². The molecule has 86 valence electrons. The number of alkyl halides is 1. The Balaban J connectivity index is 1.83. The first-order valence-corrected chi connectivity index (χ1v) is 6.19. The van der Waals surface area contributed by atoms with Gasteiger partial charge in [0.05, 0.1) is 13.2 Å². The molecule has 4 heteroatoms. The highest BCUT2D eigenvalue weighted by Gasteiger charge is 2.12. The number of fused-ring (bicyclic) bond motifs is 1. The summed E-state index contributed by atoms with van der Waals surface area (Å²) < 4.78 is 16.0. The lowest BCUT2D eigenvalue weighted by atomic mass is 10.2. The monoisotopic (exact) mass is 284 g/mol. The minimum Gasteiger partial charge on any atom is -0.454 e. The molecular formula is C12H13BrO3. The van der Waals surface area contributed by atoms with Crippen molar-refractivity contribution < 1.29 is 14.2 Å². The first kappa shape index (κ1) is 11.5. The topological polar surface area (TPSA) is 27.7 Å². The van der Waals surface area contributed by atoms with Crippen LogP contribution in [-0.4, -0.2) is 18.7 Å². The van der Waals surface area contributed by atoms with Gasteiger partial charge in [0.2, 0.25) is 6.79 Å². The molecule has 0 bridgehead atoms. The molecule has 0 aromatic heterocycles. The third-order valence-corrected chi connectivity index (χ3v) is 2.55. The van der Waals surface area contributed by atoms with E-state index in [1.807, 2.05) is 30.4 Å². The lowest BCUT2D eigenvalue weighted by Gasteiger charge is -2.03. The largest absolute Gasteiger partial charge is 0.454 e. The second kappa shape index (κ2) is 5.92. The number of hydrogen-bond acceptors (Lipinski definition) is 3. The minimum absolute atomic E-state index is 0.313. The fourth-order valence-corrected chi connectivity index (χ4v) is 1.67. The molecule has 2 rings (SSSR count). The molecule has 3 nitrogen and oxygen atoms in total. The minimum atomic E-state index is 0.313. The van der Waals surface area contributed by atoms with Crippen molar-refractivity contribution in [3.05, 3.63) is 35.9 Å². The van der Waals surface area contributed by atoms with Crippen molar-refractivity contribution >= 4 is 15.9 Å². The zero-order valence-corrected chi connectivity index (χ0v) is 10.4. The molecule has 0 unspecified atom stereocenters. The molecule has 0 saturated carbocycles. The lowest BCUT2D eigenvalue weighted by molar-refractivity contribution is 0.148. The van der Waals surface area contributed by atoms with E-state index in [1.165, 1.54) is 0 Å². The zero-order valence-electron chi connectivity index (χ0n) is 8.82. The van der Waals surface area contributed by atoms with Crippen molar-refractivity contribution in [1.29, 1.82) is 0 Å². The summed E-state index contributed by atoms with van der Waals surface area (Å²) in [5.41, 5.74) is 1.09. The molecule has 0 radical (unpaired) electrons. The van der Waals surface area contributed by atoms with E-state index in [2.05, 4.69) is 15.9 Å². The van der Waals surface area contributed by atoms with Crippen LogP contribution in [0.25, 0.3) is 0 Å². The Labute approximate surface area is 103 Å². The normalized spacial score (nSPS) is 13.6. The van der Waals surface area contributed by atoms with Crippen LogP contribution in [-0.2, 0) is 11.3 Å². The van der Waals surface area contributed by atoms with Gasteiger partial charge in [-0.25, -0.2) is 0 Å². The van der Waals surface area contributed by atoms with Crippen molar-refractivity contribution in [3.8, 4) is 11.5 Å². The number of ether oxygens (including phenoxy) is 3. The molecular weight excluding hydrogens is 272 g/mol. The second-order valence-electron chi connectivity index (χ2n) is 3.33. The molecule has 1 aliphatic heterocycles. The van der Waals surface area contributed by atoms with E-state index >= 15 is 0 Å². The maximum Gasteiger partial charge on any atom is 0.231 e. The number of benzene rings is 1. The molecule has 0 saturated heterocycles. The Bertz CT molecular complexity index is 377. The van der Waals surface area contributed by atoms with Crippen molar-refractivity contribution in [2.24, 2.45) is 0 Å². The standard InChI is InChI=1S/C12H13BrO3/c13-5-1-2-6-14-8-10-3-4-11-12(7-10)16-9-15-11/h1-4,7H,5-6,8-9H2/b2-1+. The van der Waals surface area contributed by atoms with Gasteiger partial charge in [0, 0.05) is 5.33 Å². The maximum absolute atomic E-state index is 5.48. The van der Waals surface area contributed by atoms with Gasteiger partial charge in [0.25, 0.3) is 0 Å². The van der Waals surface area contributed by atoms with Crippen molar-refractivity contribution in [3.63, 3.8) is 0 Å². The van der Waals surface area contributed by atoms with Crippen molar-refractivity contribution in [1.82, 2.24) is 0 Å². The van der Waals surface area contributed by atoms with Crippen LogP contribution < -0.4 is 9.47 Å². The summed E-state index contributed by atoms with van der Waals surface area (Å²) in [5.74, 6) is 1.61. The smallest absolute Gasteiger partial charge is 0.231 e. The molecule has 1 aromatic rings. The molecule has 1 heterocycles. The van der Waals surface area contributed by atoms with Gasteiger partial charge in [0.15, 0.2) is 11.5 Å². The Morgan fingerprint density at radius 2 is 2.12 bits per heavy atom. The van der Waals surface area contributed by atoms with Gasteiger partial charge in [0.1, 0.15) is 0 Å². The maximum atomic E-state index is 5.48. The van der Waals surface area contributed by atoms with Crippen LogP contribution in [0.4, 0.5) is 0 Å². The van der Waals surface area contributed by atoms with Crippen LogP contribution >= 0.6 is 15.9 Å². The van der Waals surface area contributed by atoms with E-state index in [0.717, 1.165) is 22.4 Å². The van der Waals surface area contributed by atoms with E-state index < -0.39 is 0 Å². The SMILES string of the molecule is BrC/C=C/COCc1ccc2c(c1)OCO2. The van der Waals surface area contributed by atoms with E-state index in [9.17, 15) is 0 Å². The van der Waals surface area contributed by atoms with Gasteiger partial charge in [-0.15, -0.1) is 0 Å². The molecule has 0 spiro atoms. The number of hydrogen-bond donors (Lipinski definition) is 0. The van der Waals surface area contributed by atoms with Crippen molar-refractivity contribution in [2.45, 2.75) is 6.61 Å². The number of halogens is 1. The highest BCUT2D eigenvalue weighted by Crippen LogP contribution is 2.32. The van der Waals surface area contributed by atoms with Crippen LogP contribution in [0, 0.1) is 0 Å². The fraction of sp³-hybridized carbons (Fsp3) is 0.333. The molecule has 0 N–H and O–H groups in total. The van der Waals surface area contributed by atoms with E-state index in [1.54, 1.807) is 0 Å². The van der Waals surface area contributed by atoms with Crippen LogP contribution in [0.1, 0.15) is 5.56 Å². The van der Waals surface area contributed by atoms with E-state index in [-0.39, 0.29) is 0 Å². The molecule has 0 amide bonds. The quantitative estimate of drug-likeness (QED) is 0.473. The van der Waals surface area contributed by atoms with Crippen LogP contribution in [0.5, 0.6) is 11.5 Å². The van der Waals surface area contributed by atoms with Gasteiger partial charge in [-0.2, -0.15) is 0 Å². The van der Waals surface area contributed by atoms with Crippen LogP contribution in [0.2, 0.25) is 0 Å². The lowest BCUT2D eigenvalue weighted by Crippen LogP contribution is -1.93. The third-order valence-electron chi connectivity index (χ3n) is 2.18. The van der Waals surface area contributed by atoms with Crippen molar-refractivity contribution in [2.75, 3.05) is 18.7 Å². The third kappa shape index (κ3) is 3.00. The van der Waals surface area contributed by atoms with Gasteiger partial charge >= 0.3 is 0 Å². The first-order valence-electron chi connectivity index (χ1n) is 5.07. The fourth-order valence-electron chi connectivity index (χ4n) is 1.41. The Morgan fingerprint density at radius 1 is 1.25 bits per heavy atom. The summed E-state index contributed by atoms with van der Waals surface area (Å²) in [6, 6.07) is 5.85. The summed E-state index contributed by atoms with van der Waals surface area (Å²) in [5, 5.41) is 0.861. The summed E-state index contributed by atoms with van der Waals surface area (Å²) in [4.78, 5) is 0. The molecule has 1 aromatic carbocycles. The first-order chi connectivity index (χ1) is 7.90. The average molecular weight is 285 g/mol.